The summed E-state index contributed by atoms with van der Waals surface area (Å²) in [5, 5.41) is 26.6. The van der Waals surface area contributed by atoms with Crippen molar-refractivity contribution in [3.8, 4) is 22.8 Å². The molecule has 2 aliphatic heterocycles. The number of ether oxygens (including phenoxy) is 2. The number of β-amino-alcohol motifs (C(OH)–C–C–N with tert-alkyl or cyclic N) is 2. The highest BCUT2D eigenvalue weighted by molar-refractivity contribution is 5.93. The molecule has 0 saturated carbocycles. The molecule has 5 aromatic rings. The molecule has 1 aromatic heterocycles. The van der Waals surface area contributed by atoms with Crippen LogP contribution in [0.25, 0.3) is 22.8 Å². The van der Waals surface area contributed by atoms with Crippen LogP contribution in [0.3, 0.4) is 0 Å². The standard InChI is InChI=1S/C45H47N5O9/c1-57-41(29-9-5-3-6-10-29)44(55)49-26-36(51)21-34(49)23-39(53)47-32-17-13-28(14-18-32)38-25-46-43(59-38)31-15-19-33(20-16-31)48-40(54)24-35-22-37(52)27-50(35)45(56)42(58-2)30-11-7-4-8-12-30/h3-20,25,34-37,41-42,51-52H,21-24,26-27H2,1-2H3,(H,47,53)(H,48,54)/t34-,35-,36+,37+,41?,42?/m0/s1. The van der Waals surface area contributed by atoms with Crippen molar-refractivity contribution in [3.63, 3.8) is 0 Å². The second kappa shape index (κ2) is 18.6. The highest BCUT2D eigenvalue weighted by Crippen LogP contribution is 2.31. The summed E-state index contributed by atoms with van der Waals surface area (Å²) in [6, 6.07) is 31.4. The van der Waals surface area contributed by atoms with E-state index >= 15 is 0 Å². The zero-order chi connectivity index (χ0) is 41.5. The van der Waals surface area contributed by atoms with E-state index in [2.05, 4.69) is 15.6 Å². The number of carbonyl (C=O) groups excluding carboxylic acids is 4. The summed E-state index contributed by atoms with van der Waals surface area (Å²) in [7, 11) is 2.93. The van der Waals surface area contributed by atoms with Crippen molar-refractivity contribution in [2.45, 2.75) is 62.2 Å². The Kier molecular flexibility index (Phi) is 12.9. The Labute approximate surface area is 341 Å². The van der Waals surface area contributed by atoms with Crippen molar-refractivity contribution in [1.29, 1.82) is 0 Å². The fourth-order valence-electron chi connectivity index (χ4n) is 7.83. The van der Waals surface area contributed by atoms with Crippen LogP contribution >= 0.6 is 0 Å². The molecule has 6 atom stereocenters. The summed E-state index contributed by atoms with van der Waals surface area (Å²) in [4.78, 5) is 60.6. The van der Waals surface area contributed by atoms with Gasteiger partial charge in [0.05, 0.1) is 18.4 Å². The number of rotatable bonds is 14. The lowest BCUT2D eigenvalue weighted by Gasteiger charge is -2.28. The van der Waals surface area contributed by atoms with Crippen LogP contribution in [0.5, 0.6) is 0 Å². The molecule has 3 heterocycles. The molecule has 4 aromatic carbocycles. The summed E-state index contributed by atoms with van der Waals surface area (Å²) in [5.41, 5.74) is 3.92. The number of aliphatic hydroxyl groups is 2. The Balaban J connectivity index is 0.914. The molecule has 4 N–H and O–H groups in total. The van der Waals surface area contributed by atoms with Gasteiger partial charge in [0.1, 0.15) is 0 Å². The molecule has 0 spiro atoms. The number of anilines is 2. The zero-order valence-electron chi connectivity index (χ0n) is 32.8. The normalized spacial score (nSPS) is 19.9. The third-order valence-electron chi connectivity index (χ3n) is 10.7. The lowest BCUT2D eigenvalue weighted by Crippen LogP contribution is -2.41. The van der Waals surface area contributed by atoms with E-state index in [4.69, 9.17) is 13.9 Å². The maximum Gasteiger partial charge on any atom is 0.256 e. The number of methoxy groups -OCH3 is 2. The molecule has 0 aliphatic carbocycles. The Hall–Kier alpha value is -6.19. The lowest BCUT2D eigenvalue weighted by atomic mass is 10.1. The fourth-order valence-corrected chi connectivity index (χ4v) is 7.83. The van der Waals surface area contributed by atoms with Crippen molar-refractivity contribution in [2.24, 2.45) is 0 Å². The van der Waals surface area contributed by atoms with Crippen LogP contribution in [0, 0.1) is 0 Å². The molecule has 2 aliphatic rings. The van der Waals surface area contributed by atoms with Gasteiger partial charge in [-0.05, 0) is 72.5 Å². The molecular formula is C45H47N5O9. The predicted molar refractivity (Wildman–Crippen MR) is 219 cm³/mol. The van der Waals surface area contributed by atoms with Gasteiger partial charge < -0.3 is 44.5 Å². The van der Waals surface area contributed by atoms with E-state index in [-0.39, 0.29) is 62.4 Å². The molecule has 14 nitrogen and oxygen atoms in total. The molecule has 14 heteroatoms. The predicted octanol–water partition coefficient (Wildman–Crippen LogP) is 5.36. The summed E-state index contributed by atoms with van der Waals surface area (Å²) in [6.45, 7) is 0.250. The summed E-state index contributed by atoms with van der Waals surface area (Å²) in [5.74, 6) is -0.307. The van der Waals surface area contributed by atoms with Gasteiger partial charge >= 0.3 is 0 Å². The second-order valence-corrected chi connectivity index (χ2v) is 14.8. The topological polar surface area (TPSA) is 184 Å². The van der Waals surface area contributed by atoms with Crippen molar-refractivity contribution < 1.29 is 43.3 Å². The third-order valence-corrected chi connectivity index (χ3v) is 10.7. The number of nitrogens with one attached hydrogen (secondary N) is 2. The average Bonchev–Trinajstić information content (AvgIpc) is 3.98. The Morgan fingerprint density at radius 2 is 1.08 bits per heavy atom. The minimum absolute atomic E-state index is 0.00998. The van der Waals surface area contributed by atoms with Crippen molar-refractivity contribution in [1.82, 2.24) is 14.8 Å². The molecule has 2 fully saturated rings. The number of benzene rings is 4. The molecule has 306 valence electrons. The van der Waals surface area contributed by atoms with Gasteiger partial charge in [0, 0.05) is 74.7 Å². The minimum Gasteiger partial charge on any atom is -0.436 e. The van der Waals surface area contributed by atoms with Crippen molar-refractivity contribution in [3.05, 3.63) is 127 Å². The number of amides is 4. The first-order chi connectivity index (χ1) is 28.6. The van der Waals surface area contributed by atoms with Gasteiger partial charge in [0.15, 0.2) is 18.0 Å². The van der Waals surface area contributed by atoms with Crippen LogP contribution in [0.4, 0.5) is 11.4 Å². The number of nitrogens with zero attached hydrogens (tertiary/aromatic N) is 3. The van der Waals surface area contributed by atoms with Crippen LogP contribution in [0.1, 0.15) is 49.0 Å². The van der Waals surface area contributed by atoms with Gasteiger partial charge in [-0.1, -0.05) is 60.7 Å². The van der Waals surface area contributed by atoms with Crippen LogP contribution < -0.4 is 10.6 Å². The van der Waals surface area contributed by atoms with E-state index in [0.717, 1.165) is 5.56 Å². The van der Waals surface area contributed by atoms with E-state index < -0.39 is 36.5 Å². The number of aromatic nitrogens is 1. The average molecular weight is 802 g/mol. The Bertz CT molecular complexity index is 2060. The van der Waals surface area contributed by atoms with E-state index in [0.29, 0.717) is 39.7 Å². The molecule has 4 amide bonds. The quantitative estimate of drug-likeness (QED) is 0.114. The van der Waals surface area contributed by atoms with E-state index in [1.165, 1.54) is 24.0 Å². The first-order valence-corrected chi connectivity index (χ1v) is 19.5. The number of hydrogen-bond acceptors (Lipinski definition) is 10. The van der Waals surface area contributed by atoms with E-state index in [9.17, 15) is 29.4 Å². The molecular weight excluding hydrogens is 755 g/mol. The summed E-state index contributed by atoms with van der Waals surface area (Å²) in [6.07, 6.45) is -0.951. The number of hydrogen-bond donors (Lipinski definition) is 4. The van der Waals surface area contributed by atoms with Crippen LogP contribution in [0.15, 0.2) is 120 Å². The number of aliphatic hydroxyl groups excluding tert-OH is 2. The maximum absolute atomic E-state index is 13.4. The monoisotopic (exact) mass is 801 g/mol. The molecule has 7 rings (SSSR count). The van der Waals surface area contributed by atoms with Gasteiger partial charge in [0.2, 0.25) is 17.7 Å². The Morgan fingerprint density at radius 3 is 1.51 bits per heavy atom. The van der Waals surface area contributed by atoms with Gasteiger partial charge in [-0.2, -0.15) is 0 Å². The van der Waals surface area contributed by atoms with Gasteiger partial charge in [-0.15, -0.1) is 0 Å². The van der Waals surface area contributed by atoms with Gasteiger partial charge in [0.25, 0.3) is 11.8 Å². The first kappa shape index (κ1) is 41.0. The molecule has 59 heavy (non-hydrogen) atoms. The molecule has 2 unspecified atom stereocenters. The zero-order valence-corrected chi connectivity index (χ0v) is 32.8. The van der Waals surface area contributed by atoms with Crippen LogP contribution in [-0.2, 0) is 28.7 Å². The highest BCUT2D eigenvalue weighted by atomic mass is 16.5. The van der Waals surface area contributed by atoms with Crippen molar-refractivity contribution in [2.75, 3.05) is 37.9 Å². The largest absolute Gasteiger partial charge is 0.436 e. The van der Waals surface area contributed by atoms with Crippen molar-refractivity contribution >= 4 is 35.0 Å². The number of likely N-dealkylation sites (tertiary alicyclic amines) is 2. The SMILES string of the molecule is COC(C(=O)N1C[C@H](O)C[C@H]1CC(=O)Nc1ccc(-c2cnc(-c3ccc(NC(=O)C[C@@H]4C[C@@H](O)CN4C(=O)C(OC)c4ccccc4)cc3)o2)cc1)c1ccccc1. The molecule has 2 saturated heterocycles. The number of carbonyl (C=O) groups is 4. The van der Waals surface area contributed by atoms with Gasteiger partial charge in [-0.25, -0.2) is 4.98 Å². The highest BCUT2D eigenvalue weighted by Gasteiger charge is 2.40. The minimum atomic E-state index is -0.838. The Morgan fingerprint density at radius 1 is 0.661 bits per heavy atom. The summed E-state index contributed by atoms with van der Waals surface area (Å²) >= 11 is 0. The van der Waals surface area contributed by atoms with E-state index in [1.807, 2.05) is 60.7 Å². The lowest BCUT2D eigenvalue weighted by molar-refractivity contribution is -0.144. The van der Waals surface area contributed by atoms with Gasteiger partial charge in [-0.3, -0.25) is 19.2 Å². The second-order valence-electron chi connectivity index (χ2n) is 14.8. The third kappa shape index (κ3) is 9.75. The van der Waals surface area contributed by atoms with Crippen LogP contribution in [-0.4, -0.2) is 100 Å². The van der Waals surface area contributed by atoms with E-state index in [1.54, 1.807) is 54.7 Å². The molecule has 0 bridgehead atoms. The molecule has 0 radical (unpaired) electrons. The first-order valence-electron chi connectivity index (χ1n) is 19.5. The van der Waals surface area contributed by atoms with Crippen LogP contribution in [0.2, 0.25) is 0 Å². The fraction of sp³-hybridized carbons (Fsp3) is 0.311. The maximum atomic E-state index is 13.4. The smallest absolute Gasteiger partial charge is 0.256 e. The number of oxazole rings is 1. The summed E-state index contributed by atoms with van der Waals surface area (Å²) < 4.78 is 17.1.